The number of ether oxygens (including phenoxy) is 4. The second-order valence-electron chi connectivity index (χ2n) is 9.74. The molecule has 3 rings (SSSR count). The van der Waals surface area contributed by atoms with Gasteiger partial charge < -0.3 is 18.9 Å². The van der Waals surface area contributed by atoms with Crippen LogP contribution >= 0.6 is 0 Å². The molecule has 0 spiro atoms. The molecular weight excluding hydrogens is 368 g/mol. The summed E-state index contributed by atoms with van der Waals surface area (Å²) in [7, 11) is 5.24. The topological polar surface area (TPSA) is 54.0 Å². The molecule has 0 radical (unpaired) electrons. The molecule has 29 heavy (non-hydrogen) atoms. The summed E-state index contributed by atoms with van der Waals surface area (Å²) < 4.78 is 22.3. The van der Waals surface area contributed by atoms with Gasteiger partial charge in [0.1, 0.15) is 12.7 Å². The van der Waals surface area contributed by atoms with Crippen LogP contribution < -0.4 is 0 Å². The van der Waals surface area contributed by atoms with Crippen LogP contribution in [0.4, 0.5) is 0 Å². The summed E-state index contributed by atoms with van der Waals surface area (Å²) in [4.78, 5) is 12.2. The highest BCUT2D eigenvalue weighted by Crippen LogP contribution is 2.63. The molecule has 1 heterocycles. The van der Waals surface area contributed by atoms with Gasteiger partial charge in [0.2, 0.25) is 0 Å². The maximum atomic E-state index is 12.2. The van der Waals surface area contributed by atoms with Gasteiger partial charge in [-0.15, -0.1) is 0 Å². The standard InChI is InChI=1S/C24H38O5/c1-15-12-20-23(3,11-10-21(28-7)24(20,4)14-26-5)18(16(15)2)9-8-17-19(27-6)13-29-22(17)25/h8,15,18-21H,2,9-14H2,1,3-7H3/b17-8+/t15?,18?,19?,20?,21?,23-,24+/m1/s1. The van der Waals surface area contributed by atoms with Crippen molar-refractivity contribution in [1.82, 2.24) is 0 Å². The number of methoxy groups -OCH3 is 3. The molecule has 3 fully saturated rings. The van der Waals surface area contributed by atoms with Crippen LogP contribution in [0, 0.1) is 28.6 Å². The van der Waals surface area contributed by atoms with Crippen molar-refractivity contribution in [3.05, 3.63) is 23.8 Å². The van der Waals surface area contributed by atoms with Gasteiger partial charge in [0.15, 0.2) is 0 Å². The third kappa shape index (κ3) is 3.70. The van der Waals surface area contributed by atoms with Crippen LogP contribution in [0.15, 0.2) is 23.8 Å². The Hall–Kier alpha value is -1.17. The highest BCUT2D eigenvalue weighted by Gasteiger charge is 2.59. The van der Waals surface area contributed by atoms with Crippen LogP contribution in [-0.2, 0) is 23.7 Å². The van der Waals surface area contributed by atoms with Gasteiger partial charge in [-0.25, -0.2) is 4.79 Å². The van der Waals surface area contributed by atoms with Crippen molar-refractivity contribution in [2.24, 2.45) is 28.6 Å². The summed E-state index contributed by atoms with van der Waals surface area (Å²) in [6, 6.07) is 0. The third-order valence-corrected chi connectivity index (χ3v) is 8.28. The van der Waals surface area contributed by atoms with Gasteiger partial charge in [-0.3, -0.25) is 0 Å². The molecule has 0 bridgehead atoms. The highest BCUT2D eigenvalue weighted by atomic mass is 16.6. The summed E-state index contributed by atoms with van der Waals surface area (Å²) >= 11 is 0. The lowest BCUT2D eigenvalue weighted by atomic mass is 9.44. The minimum atomic E-state index is -0.261. The van der Waals surface area contributed by atoms with Gasteiger partial charge in [-0.05, 0) is 48.9 Å². The monoisotopic (exact) mass is 406 g/mol. The Morgan fingerprint density at radius 1 is 1.24 bits per heavy atom. The normalized spacial score (nSPS) is 44.1. The van der Waals surface area contributed by atoms with Crippen LogP contribution in [0.1, 0.15) is 46.5 Å². The molecule has 5 unspecified atom stereocenters. The number of allylic oxidation sites excluding steroid dienone is 2. The van der Waals surface area contributed by atoms with Crippen LogP contribution in [0.2, 0.25) is 0 Å². The maximum Gasteiger partial charge on any atom is 0.336 e. The summed E-state index contributed by atoms with van der Waals surface area (Å²) in [5.74, 6) is 0.951. The van der Waals surface area contributed by atoms with E-state index in [1.807, 2.05) is 7.11 Å². The predicted molar refractivity (Wildman–Crippen MR) is 112 cm³/mol. The minimum Gasteiger partial charge on any atom is -0.459 e. The first-order valence-corrected chi connectivity index (χ1v) is 10.8. The van der Waals surface area contributed by atoms with Gasteiger partial charge in [-0.2, -0.15) is 0 Å². The zero-order chi connectivity index (χ0) is 21.4. The Balaban J connectivity index is 1.95. The minimum absolute atomic E-state index is 0.0434. The first-order chi connectivity index (χ1) is 13.7. The van der Waals surface area contributed by atoms with Crippen molar-refractivity contribution < 1.29 is 23.7 Å². The molecule has 5 nitrogen and oxygen atoms in total. The van der Waals surface area contributed by atoms with Crippen molar-refractivity contribution in [1.29, 1.82) is 0 Å². The van der Waals surface area contributed by atoms with Gasteiger partial charge >= 0.3 is 5.97 Å². The lowest BCUT2D eigenvalue weighted by Crippen LogP contribution is -2.59. The molecule has 0 amide bonds. The molecule has 2 saturated carbocycles. The largest absolute Gasteiger partial charge is 0.459 e. The fourth-order valence-electron chi connectivity index (χ4n) is 6.57. The number of hydrogen-bond acceptors (Lipinski definition) is 5. The van der Waals surface area contributed by atoms with E-state index in [0.29, 0.717) is 36.5 Å². The summed E-state index contributed by atoms with van der Waals surface area (Å²) in [5.41, 5.74) is 2.01. The quantitative estimate of drug-likeness (QED) is 0.376. The average molecular weight is 407 g/mol. The molecule has 7 atom stereocenters. The molecule has 3 aliphatic rings. The molecule has 0 aromatic heterocycles. The zero-order valence-electron chi connectivity index (χ0n) is 19.0. The number of carbonyl (C=O) groups is 1. The molecule has 5 heteroatoms. The van der Waals surface area contributed by atoms with E-state index in [-0.39, 0.29) is 29.0 Å². The number of rotatable bonds is 6. The smallest absolute Gasteiger partial charge is 0.336 e. The second-order valence-corrected chi connectivity index (χ2v) is 9.74. The fraction of sp³-hybridized carbons (Fsp3) is 0.792. The van der Waals surface area contributed by atoms with E-state index < -0.39 is 0 Å². The van der Waals surface area contributed by atoms with Crippen molar-refractivity contribution in [3.8, 4) is 0 Å². The molecule has 0 aromatic rings. The van der Waals surface area contributed by atoms with E-state index in [9.17, 15) is 4.79 Å². The average Bonchev–Trinajstić information content (AvgIpc) is 3.04. The molecule has 0 aromatic carbocycles. The Kier molecular flexibility index (Phi) is 6.62. The number of carbonyl (C=O) groups excluding carboxylic acids is 1. The van der Waals surface area contributed by atoms with Crippen LogP contribution in [0.5, 0.6) is 0 Å². The van der Waals surface area contributed by atoms with Crippen LogP contribution in [-0.4, -0.2) is 52.7 Å². The number of fused-ring (bicyclic) bond motifs is 1. The van der Waals surface area contributed by atoms with Crippen LogP contribution in [0.25, 0.3) is 0 Å². The Morgan fingerprint density at radius 2 is 1.97 bits per heavy atom. The maximum absolute atomic E-state index is 12.2. The van der Waals surface area contributed by atoms with Gasteiger partial charge in [-0.1, -0.05) is 39.0 Å². The van der Waals surface area contributed by atoms with E-state index in [0.717, 1.165) is 25.7 Å². The van der Waals surface area contributed by atoms with E-state index in [1.54, 1.807) is 14.2 Å². The second kappa shape index (κ2) is 8.52. The summed E-state index contributed by atoms with van der Waals surface area (Å²) in [6.45, 7) is 12.5. The number of hydrogen-bond donors (Lipinski definition) is 0. The van der Waals surface area contributed by atoms with Crippen molar-refractivity contribution in [2.75, 3.05) is 34.5 Å². The van der Waals surface area contributed by atoms with E-state index in [2.05, 4.69) is 33.4 Å². The van der Waals surface area contributed by atoms with Crippen molar-refractivity contribution >= 4 is 5.97 Å². The number of esters is 1. The van der Waals surface area contributed by atoms with Gasteiger partial charge in [0.05, 0.1) is 18.3 Å². The third-order valence-electron chi connectivity index (χ3n) is 8.28. The molecule has 1 saturated heterocycles. The Labute approximate surface area is 175 Å². The van der Waals surface area contributed by atoms with E-state index in [4.69, 9.17) is 18.9 Å². The highest BCUT2D eigenvalue weighted by molar-refractivity contribution is 5.91. The molecule has 164 valence electrons. The van der Waals surface area contributed by atoms with Crippen molar-refractivity contribution in [3.63, 3.8) is 0 Å². The summed E-state index contributed by atoms with van der Waals surface area (Å²) in [6.07, 6.45) is 5.99. The Morgan fingerprint density at radius 3 is 2.59 bits per heavy atom. The molecule has 2 aliphatic carbocycles. The Bertz CT molecular complexity index is 670. The van der Waals surface area contributed by atoms with Crippen molar-refractivity contribution in [2.45, 2.75) is 58.7 Å². The molecule has 0 N–H and O–H groups in total. The SMILES string of the molecule is C=C1C(C)CC2[C@](C)(COC)C(OC)CC[C@]2(C)C1C/C=C1/C(=O)OCC1OC. The number of cyclic esters (lactones) is 1. The molecule has 1 aliphatic heterocycles. The zero-order valence-corrected chi connectivity index (χ0v) is 19.0. The van der Waals surface area contributed by atoms with Gasteiger partial charge in [0.25, 0.3) is 0 Å². The fourth-order valence-corrected chi connectivity index (χ4v) is 6.57. The lowest BCUT2D eigenvalue weighted by Gasteiger charge is -2.62. The predicted octanol–water partition coefficient (Wildman–Crippen LogP) is 4.17. The van der Waals surface area contributed by atoms with Gasteiger partial charge in [0, 0.05) is 26.7 Å². The van der Waals surface area contributed by atoms with E-state index in [1.165, 1.54) is 5.57 Å². The first kappa shape index (κ1) is 22.5. The lowest BCUT2D eigenvalue weighted by molar-refractivity contribution is -0.171. The molecular formula is C24H38O5. The van der Waals surface area contributed by atoms with Crippen LogP contribution in [0.3, 0.4) is 0 Å². The summed E-state index contributed by atoms with van der Waals surface area (Å²) in [5, 5.41) is 0. The first-order valence-electron chi connectivity index (χ1n) is 10.8. The van der Waals surface area contributed by atoms with E-state index >= 15 is 0 Å².